The average molecular weight is 217 g/mol. The maximum atomic E-state index is 11.7. The Bertz CT molecular complexity index is 400. The van der Waals surface area contributed by atoms with Crippen LogP contribution in [-0.2, 0) is 4.79 Å². The van der Waals surface area contributed by atoms with E-state index in [1.807, 2.05) is 4.90 Å². The Morgan fingerprint density at radius 1 is 1.19 bits per heavy atom. The molecule has 1 amide bonds. The molecule has 0 saturated carbocycles. The van der Waals surface area contributed by atoms with E-state index in [0.29, 0.717) is 6.42 Å². The van der Waals surface area contributed by atoms with Crippen molar-refractivity contribution in [2.45, 2.75) is 45.7 Å². The van der Waals surface area contributed by atoms with E-state index in [-0.39, 0.29) is 17.5 Å². The van der Waals surface area contributed by atoms with Crippen LogP contribution in [0.3, 0.4) is 0 Å². The van der Waals surface area contributed by atoms with Crippen molar-refractivity contribution in [1.29, 1.82) is 0 Å². The normalized spacial score (nSPS) is 20.9. The number of carbonyl (C=O) groups excluding carboxylic acids is 1. The lowest BCUT2D eigenvalue weighted by atomic mass is 9.87. The van der Waals surface area contributed by atoms with Gasteiger partial charge in [-0.25, -0.2) is 0 Å². The highest BCUT2D eigenvalue weighted by Crippen LogP contribution is 2.39. The van der Waals surface area contributed by atoms with E-state index in [2.05, 4.69) is 52.0 Å². The van der Waals surface area contributed by atoms with E-state index in [1.165, 1.54) is 11.1 Å². The van der Waals surface area contributed by atoms with Gasteiger partial charge >= 0.3 is 0 Å². The van der Waals surface area contributed by atoms with Crippen LogP contribution in [-0.4, -0.2) is 16.3 Å². The van der Waals surface area contributed by atoms with Gasteiger partial charge in [0.1, 0.15) is 0 Å². The van der Waals surface area contributed by atoms with Crippen LogP contribution in [0.25, 0.3) is 0 Å². The van der Waals surface area contributed by atoms with Gasteiger partial charge in [-0.05, 0) is 33.3 Å². The zero-order chi connectivity index (χ0) is 11.9. The van der Waals surface area contributed by atoms with Crippen LogP contribution >= 0.6 is 0 Å². The first-order valence-corrected chi connectivity index (χ1v) is 5.78. The topological polar surface area (TPSA) is 20.3 Å². The van der Waals surface area contributed by atoms with Gasteiger partial charge in [0, 0.05) is 5.54 Å². The lowest BCUT2D eigenvalue weighted by molar-refractivity contribution is -0.154. The minimum absolute atomic E-state index is 0.0785. The van der Waals surface area contributed by atoms with Crippen molar-refractivity contribution in [3.05, 3.63) is 35.4 Å². The Labute approximate surface area is 97.3 Å². The van der Waals surface area contributed by atoms with Crippen molar-refractivity contribution in [2.24, 2.45) is 0 Å². The van der Waals surface area contributed by atoms with Gasteiger partial charge in [-0.15, -0.1) is 0 Å². The molecule has 1 heterocycles. The van der Waals surface area contributed by atoms with Crippen LogP contribution < -0.4 is 0 Å². The maximum absolute atomic E-state index is 11.7. The fraction of sp³-hybridized carbons (Fsp3) is 0.500. The highest BCUT2D eigenvalue weighted by molar-refractivity contribution is 5.84. The molecule has 2 heteroatoms. The van der Waals surface area contributed by atoms with Crippen LogP contribution in [0.2, 0.25) is 0 Å². The number of rotatable bonds is 1. The van der Waals surface area contributed by atoms with Crippen LogP contribution in [0.4, 0.5) is 0 Å². The smallest absolute Gasteiger partial charge is 0.225 e. The largest absolute Gasteiger partial charge is 0.330 e. The average Bonchev–Trinajstić information content (AvgIpc) is 2.13. The zero-order valence-corrected chi connectivity index (χ0v) is 10.4. The van der Waals surface area contributed by atoms with Gasteiger partial charge < -0.3 is 4.90 Å². The lowest BCUT2D eigenvalue weighted by Gasteiger charge is -2.49. The Morgan fingerprint density at radius 2 is 1.75 bits per heavy atom. The van der Waals surface area contributed by atoms with Crippen molar-refractivity contribution in [1.82, 2.24) is 4.90 Å². The third-order valence-corrected chi connectivity index (χ3v) is 3.13. The van der Waals surface area contributed by atoms with Gasteiger partial charge in [0.15, 0.2) is 0 Å². The summed E-state index contributed by atoms with van der Waals surface area (Å²) in [6.07, 6.45) is 0.653. The Hall–Kier alpha value is -1.31. The Morgan fingerprint density at radius 3 is 2.19 bits per heavy atom. The fourth-order valence-electron chi connectivity index (χ4n) is 2.31. The van der Waals surface area contributed by atoms with E-state index in [1.54, 1.807) is 0 Å². The highest BCUT2D eigenvalue weighted by atomic mass is 16.2. The minimum atomic E-state index is -0.0785. The van der Waals surface area contributed by atoms with Crippen LogP contribution in [0.15, 0.2) is 24.3 Å². The minimum Gasteiger partial charge on any atom is -0.330 e. The first kappa shape index (κ1) is 11.2. The molecule has 1 aliphatic rings. The van der Waals surface area contributed by atoms with Gasteiger partial charge in [0.05, 0.1) is 12.5 Å². The number of hydrogen-bond donors (Lipinski definition) is 0. The number of nitrogens with zero attached hydrogens (tertiary/aromatic N) is 1. The molecular weight excluding hydrogens is 198 g/mol. The summed E-state index contributed by atoms with van der Waals surface area (Å²) in [6, 6.07) is 8.75. The Kier molecular flexibility index (Phi) is 2.53. The van der Waals surface area contributed by atoms with Gasteiger partial charge in [0.2, 0.25) is 5.91 Å². The Balaban J connectivity index is 2.23. The highest BCUT2D eigenvalue weighted by Gasteiger charge is 2.43. The summed E-state index contributed by atoms with van der Waals surface area (Å²) in [5, 5.41) is 0. The molecule has 1 unspecified atom stereocenters. The molecule has 2 nitrogen and oxygen atoms in total. The SMILES string of the molecule is Cc1ccc(C2CC(=O)N2C(C)(C)C)cc1. The molecule has 86 valence electrons. The number of hydrogen-bond acceptors (Lipinski definition) is 1. The maximum Gasteiger partial charge on any atom is 0.225 e. The van der Waals surface area contributed by atoms with Crippen molar-refractivity contribution in [2.75, 3.05) is 0 Å². The molecule has 0 spiro atoms. The van der Waals surface area contributed by atoms with Crippen molar-refractivity contribution in [3.63, 3.8) is 0 Å². The number of benzene rings is 1. The first-order chi connectivity index (χ1) is 7.39. The molecule has 1 aromatic carbocycles. The van der Waals surface area contributed by atoms with Crippen molar-refractivity contribution < 1.29 is 4.79 Å². The van der Waals surface area contributed by atoms with E-state index >= 15 is 0 Å². The van der Waals surface area contributed by atoms with E-state index in [4.69, 9.17) is 0 Å². The standard InChI is InChI=1S/C14H19NO/c1-10-5-7-11(8-6-10)12-9-13(16)15(12)14(2,3)4/h5-8,12H,9H2,1-4H3. The molecule has 1 aliphatic heterocycles. The van der Waals surface area contributed by atoms with E-state index < -0.39 is 0 Å². The molecule has 1 fully saturated rings. The number of aryl methyl sites for hydroxylation is 1. The van der Waals surface area contributed by atoms with Crippen LogP contribution in [0, 0.1) is 6.92 Å². The summed E-state index contributed by atoms with van der Waals surface area (Å²) in [5.41, 5.74) is 2.43. The molecule has 0 aliphatic carbocycles. The number of amides is 1. The molecule has 0 aromatic heterocycles. The quantitative estimate of drug-likeness (QED) is 0.662. The van der Waals surface area contributed by atoms with Gasteiger partial charge in [-0.3, -0.25) is 4.79 Å². The molecule has 16 heavy (non-hydrogen) atoms. The first-order valence-electron chi connectivity index (χ1n) is 5.78. The van der Waals surface area contributed by atoms with E-state index in [0.717, 1.165) is 0 Å². The van der Waals surface area contributed by atoms with Crippen molar-refractivity contribution in [3.8, 4) is 0 Å². The molecule has 0 N–H and O–H groups in total. The fourth-order valence-corrected chi connectivity index (χ4v) is 2.31. The van der Waals surface area contributed by atoms with E-state index in [9.17, 15) is 4.79 Å². The summed E-state index contributed by atoms with van der Waals surface area (Å²) in [5.74, 6) is 0.262. The summed E-state index contributed by atoms with van der Waals surface area (Å²) < 4.78 is 0. The van der Waals surface area contributed by atoms with Crippen LogP contribution in [0.5, 0.6) is 0 Å². The second-order valence-electron chi connectivity index (χ2n) is 5.57. The summed E-state index contributed by atoms with van der Waals surface area (Å²) >= 11 is 0. The lowest BCUT2D eigenvalue weighted by Crippen LogP contribution is -2.56. The number of carbonyl (C=O) groups is 1. The predicted octanol–water partition coefficient (Wildman–Crippen LogP) is 3.07. The second kappa shape index (κ2) is 3.62. The van der Waals surface area contributed by atoms with Gasteiger partial charge in [-0.1, -0.05) is 29.8 Å². The molecule has 2 rings (SSSR count). The summed E-state index contributed by atoms with van der Waals surface area (Å²) in [7, 11) is 0. The number of β-lactam (4-membered cyclic amide) rings is 1. The van der Waals surface area contributed by atoms with Gasteiger partial charge in [0.25, 0.3) is 0 Å². The molecular formula is C14H19NO. The molecule has 0 bridgehead atoms. The summed E-state index contributed by atoms with van der Waals surface area (Å²) in [6.45, 7) is 8.35. The molecule has 0 radical (unpaired) electrons. The molecule has 1 aromatic rings. The second-order valence-corrected chi connectivity index (χ2v) is 5.57. The zero-order valence-electron chi connectivity index (χ0n) is 10.4. The number of likely N-dealkylation sites (tertiary alicyclic amines) is 1. The third-order valence-electron chi connectivity index (χ3n) is 3.13. The summed E-state index contributed by atoms with van der Waals surface area (Å²) in [4.78, 5) is 13.6. The predicted molar refractivity (Wildman–Crippen MR) is 65.1 cm³/mol. The molecule has 1 saturated heterocycles. The van der Waals surface area contributed by atoms with Gasteiger partial charge in [-0.2, -0.15) is 0 Å². The molecule has 1 atom stereocenters. The monoisotopic (exact) mass is 217 g/mol. The third kappa shape index (κ3) is 1.84. The van der Waals surface area contributed by atoms with Crippen LogP contribution in [0.1, 0.15) is 44.4 Å². The van der Waals surface area contributed by atoms with Crippen molar-refractivity contribution >= 4 is 5.91 Å².